The average Bonchev–Trinajstić information content (AvgIpc) is 2.69. The smallest absolute Gasteiger partial charge is 0.326 e. The number of benzene rings is 2. The Morgan fingerprint density at radius 3 is 1.54 bits per heavy atom. The maximum absolute atomic E-state index is 13.0. The van der Waals surface area contributed by atoms with E-state index in [1.165, 1.54) is 0 Å². The van der Waals surface area contributed by atoms with Gasteiger partial charge in [-0.2, -0.15) is 0 Å². The van der Waals surface area contributed by atoms with E-state index in [9.17, 15) is 14.4 Å². The lowest BCUT2D eigenvalue weighted by Gasteiger charge is -2.49. The SMILES string of the molecule is CCCCC[N+](CCCCC)(C(c1ccccc1)c1ccccc1)P(=O)([O-])O. The molecule has 1 N–H and O–H groups in total. The van der Waals surface area contributed by atoms with Crippen LogP contribution < -0.4 is 4.89 Å². The second-order valence-corrected chi connectivity index (χ2v) is 9.34. The topological polar surface area (TPSA) is 60.4 Å². The van der Waals surface area contributed by atoms with Crippen LogP contribution in [0.2, 0.25) is 0 Å². The predicted molar refractivity (Wildman–Crippen MR) is 114 cm³/mol. The molecule has 154 valence electrons. The van der Waals surface area contributed by atoms with Crippen LogP contribution in [0.1, 0.15) is 69.5 Å². The van der Waals surface area contributed by atoms with Gasteiger partial charge in [0, 0.05) is 11.1 Å². The standard InChI is InChI=1S/C23H34NO3P/c1-3-5-13-19-24(28(25,26)27,20-14-6-4-2)23(21-15-9-7-10-16-21)22-17-11-8-12-18-22/h7-12,15-18,23H,3-6,13-14,19-20H2,1-2H3,(H-,25,26,27). The monoisotopic (exact) mass is 403 g/mol. The molecule has 2 aromatic carbocycles. The molecule has 0 aliphatic rings. The summed E-state index contributed by atoms with van der Waals surface area (Å²) in [5.41, 5.74) is 1.85. The molecule has 0 aliphatic heterocycles. The van der Waals surface area contributed by atoms with Gasteiger partial charge in [0.1, 0.15) is 6.04 Å². The first-order valence-electron chi connectivity index (χ1n) is 10.5. The van der Waals surface area contributed by atoms with E-state index in [-0.39, 0.29) is 4.25 Å². The maximum Gasteiger partial charge on any atom is 0.326 e. The Kier molecular flexibility index (Phi) is 8.91. The minimum Gasteiger partial charge on any atom is -0.730 e. The summed E-state index contributed by atoms with van der Waals surface area (Å²) in [5.74, 6) is 0. The summed E-state index contributed by atoms with van der Waals surface area (Å²) < 4.78 is 12.7. The van der Waals surface area contributed by atoms with Gasteiger partial charge in [-0.3, -0.25) is 4.25 Å². The van der Waals surface area contributed by atoms with Crippen molar-refractivity contribution in [1.82, 2.24) is 0 Å². The number of unbranched alkanes of at least 4 members (excludes halogenated alkanes) is 4. The second kappa shape index (κ2) is 10.9. The third-order valence-electron chi connectivity index (χ3n) is 5.51. The summed E-state index contributed by atoms with van der Waals surface area (Å²) >= 11 is 0. The van der Waals surface area contributed by atoms with Gasteiger partial charge in [-0.15, -0.1) is 0 Å². The molecule has 4 nitrogen and oxygen atoms in total. The molecule has 0 aliphatic carbocycles. The van der Waals surface area contributed by atoms with E-state index in [0.29, 0.717) is 13.1 Å². The highest BCUT2D eigenvalue weighted by Crippen LogP contribution is 2.54. The van der Waals surface area contributed by atoms with Crippen molar-refractivity contribution in [2.75, 3.05) is 13.1 Å². The predicted octanol–water partition coefficient (Wildman–Crippen LogP) is 5.43. The fourth-order valence-corrected chi connectivity index (χ4v) is 5.40. The van der Waals surface area contributed by atoms with E-state index in [1.54, 1.807) is 0 Å². The number of nitrogens with zero attached hydrogens (tertiary/aromatic N) is 1. The highest BCUT2D eigenvalue weighted by molar-refractivity contribution is 7.43. The lowest BCUT2D eigenvalue weighted by atomic mass is 9.96. The molecule has 0 bridgehead atoms. The molecule has 0 amide bonds. The highest BCUT2D eigenvalue weighted by atomic mass is 31.2. The minimum absolute atomic E-state index is 0.305. The highest BCUT2D eigenvalue weighted by Gasteiger charge is 2.46. The molecule has 0 saturated carbocycles. The van der Waals surface area contributed by atoms with E-state index in [1.807, 2.05) is 60.7 Å². The summed E-state index contributed by atoms with van der Waals surface area (Å²) in [6.45, 7) is 5.05. The normalized spacial score (nSPS) is 14.2. The van der Waals surface area contributed by atoms with Gasteiger partial charge in [-0.05, 0) is 25.7 Å². The van der Waals surface area contributed by atoms with E-state index < -0.39 is 13.8 Å². The first kappa shape index (κ1) is 22.8. The molecule has 1 atom stereocenters. The van der Waals surface area contributed by atoms with Crippen molar-refractivity contribution < 1.29 is 18.6 Å². The second-order valence-electron chi connectivity index (χ2n) is 7.56. The average molecular weight is 404 g/mol. The molecule has 28 heavy (non-hydrogen) atoms. The van der Waals surface area contributed by atoms with Crippen molar-refractivity contribution in [2.45, 2.75) is 58.4 Å². The minimum atomic E-state index is -4.69. The molecule has 2 aromatic rings. The number of rotatable bonds is 12. The fraction of sp³-hybridized carbons (Fsp3) is 0.478. The Morgan fingerprint density at radius 2 is 1.21 bits per heavy atom. The van der Waals surface area contributed by atoms with Gasteiger partial charge in [0.2, 0.25) is 0 Å². The molecule has 0 fully saturated rings. The Labute approximate surface area is 170 Å². The van der Waals surface area contributed by atoms with Crippen LogP contribution in [0.15, 0.2) is 60.7 Å². The summed E-state index contributed by atoms with van der Waals surface area (Å²) in [6.07, 6.45) is 5.45. The largest absolute Gasteiger partial charge is 0.730 e. The van der Waals surface area contributed by atoms with Crippen molar-refractivity contribution in [1.29, 1.82) is 0 Å². The van der Waals surface area contributed by atoms with E-state index >= 15 is 0 Å². The first-order valence-corrected chi connectivity index (χ1v) is 12.0. The molecule has 0 radical (unpaired) electrons. The van der Waals surface area contributed by atoms with Crippen LogP contribution in [0, 0.1) is 0 Å². The van der Waals surface area contributed by atoms with Crippen molar-refractivity contribution in [3.05, 3.63) is 71.8 Å². The zero-order valence-electron chi connectivity index (χ0n) is 17.2. The van der Waals surface area contributed by atoms with Gasteiger partial charge >= 0.3 is 7.75 Å². The quantitative estimate of drug-likeness (QED) is 0.379. The van der Waals surface area contributed by atoms with Gasteiger partial charge < -0.3 is 9.79 Å². The molecule has 2 rings (SSSR count). The van der Waals surface area contributed by atoms with Crippen LogP contribution in [0.5, 0.6) is 0 Å². The zero-order chi connectivity index (χ0) is 20.5. The van der Waals surface area contributed by atoms with Gasteiger partial charge in [-0.1, -0.05) is 87.4 Å². The van der Waals surface area contributed by atoms with Crippen molar-refractivity contribution in [2.24, 2.45) is 0 Å². The van der Waals surface area contributed by atoms with Gasteiger partial charge in [0.05, 0.1) is 13.1 Å². The van der Waals surface area contributed by atoms with Crippen LogP contribution in [0.4, 0.5) is 0 Å². The third-order valence-corrected chi connectivity index (χ3v) is 7.15. The molecule has 0 saturated heterocycles. The number of quaternary nitrogens is 1. The lowest BCUT2D eigenvalue weighted by Crippen LogP contribution is -2.52. The molecule has 0 heterocycles. The molecular formula is C23H34NO3P. The first-order chi connectivity index (χ1) is 13.5. The van der Waals surface area contributed by atoms with Crippen molar-refractivity contribution in [3.8, 4) is 0 Å². The van der Waals surface area contributed by atoms with Crippen molar-refractivity contribution in [3.63, 3.8) is 0 Å². The van der Waals surface area contributed by atoms with Gasteiger partial charge in [-0.25, -0.2) is 4.57 Å². The van der Waals surface area contributed by atoms with E-state index in [4.69, 9.17) is 0 Å². The molecular weight excluding hydrogens is 369 g/mol. The summed E-state index contributed by atoms with van der Waals surface area (Å²) in [7, 11) is -4.69. The third kappa shape index (κ3) is 5.55. The van der Waals surface area contributed by atoms with Crippen LogP contribution in [-0.2, 0) is 4.57 Å². The van der Waals surface area contributed by atoms with Gasteiger partial charge in [0.15, 0.2) is 0 Å². The molecule has 0 spiro atoms. The van der Waals surface area contributed by atoms with Crippen LogP contribution in [0.3, 0.4) is 0 Å². The maximum atomic E-state index is 13.0. The number of hydrogen-bond donors (Lipinski definition) is 1. The summed E-state index contributed by atoms with van der Waals surface area (Å²) in [5, 5.41) is 0. The van der Waals surface area contributed by atoms with E-state index in [0.717, 1.165) is 49.7 Å². The Bertz CT molecular complexity index is 681. The summed E-state index contributed by atoms with van der Waals surface area (Å²) in [6, 6.07) is 19.1. The van der Waals surface area contributed by atoms with Crippen LogP contribution in [-0.4, -0.2) is 22.2 Å². The molecule has 1 unspecified atom stereocenters. The van der Waals surface area contributed by atoms with Crippen LogP contribution in [0.25, 0.3) is 0 Å². The Morgan fingerprint density at radius 1 is 0.821 bits per heavy atom. The number of hydrogen-bond acceptors (Lipinski definition) is 2. The zero-order valence-corrected chi connectivity index (χ0v) is 18.1. The van der Waals surface area contributed by atoms with E-state index in [2.05, 4.69) is 13.8 Å². The summed E-state index contributed by atoms with van der Waals surface area (Å²) in [4.78, 5) is 23.6. The fourth-order valence-electron chi connectivity index (χ4n) is 4.06. The molecule has 0 aromatic heterocycles. The molecule has 5 heteroatoms. The Hall–Kier alpha value is -1.45. The van der Waals surface area contributed by atoms with Crippen molar-refractivity contribution >= 4 is 7.75 Å². The Balaban J connectivity index is 2.63. The van der Waals surface area contributed by atoms with Gasteiger partial charge in [0.25, 0.3) is 0 Å². The lowest BCUT2D eigenvalue weighted by molar-refractivity contribution is -0.861. The van der Waals surface area contributed by atoms with Crippen LogP contribution >= 0.6 is 7.75 Å².